The second-order valence-corrected chi connectivity index (χ2v) is 15.4. The molecule has 1 amide bonds. The lowest BCUT2D eigenvalue weighted by atomic mass is 9.45. The second kappa shape index (κ2) is 12.1. The fraction of sp³-hybridized carbons (Fsp3) is 0.800. The molecule has 1 aromatic carbocycles. The van der Waals surface area contributed by atoms with Gasteiger partial charge < -0.3 is 9.47 Å². The molecule has 4 fully saturated rings. The first-order chi connectivity index (χ1) is 19.2. The SMILES string of the molecule is CC.CC1(C)CCc2cc(SNC(=O)OCCC3CCC4C5CCC6CCCCC6(C)C5CCC34C)ccc2O1. The normalized spacial score (nSPS) is 37.3. The van der Waals surface area contributed by atoms with Gasteiger partial charge in [-0.1, -0.05) is 40.5 Å². The number of aryl methyl sites for hydroxylation is 1. The Labute approximate surface area is 248 Å². The molecule has 1 aliphatic heterocycles. The summed E-state index contributed by atoms with van der Waals surface area (Å²) in [6.07, 6.45) is 17.1. The predicted molar refractivity (Wildman–Crippen MR) is 166 cm³/mol. The van der Waals surface area contributed by atoms with Crippen molar-refractivity contribution >= 4 is 18.0 Å². The van der Waals surface area contributed by atoms with Crippen LogP contribution in [0.2, 0.25) is 0 Å². The summed E-state index contributed by atoms with van der Waals surface area (Å²) in [7, 11) is 0. The van der Waals surface area contributed by atoms with Gasteiger partial charge in [-0.05, 0) is 161 Å². The Morgan fingerprint density at radius 1 is 0.950 bits per heavy atom. The number of carbonyl (C=O) groups is 1. The van der Waals surface area contributed by atoms with Gasteiger partial charge in [0.2, 0.25) is 0 Å². The topological polar surface area (TPSA) is 47.6 Å². The number of carbonyl (C=O) groups excluding carboxylic acids is 1. The van der Waals surface area contributed by atoms with Crippen LogP contribution in [0.4, 0.5) is 4.79 Å². The van der Waals surface area contributed by atoms with Crippen molar-refractivity contribution in [2.24, 2.45) is 40.4 Å². The molecular formula is C35H55NO3S. The van der Waals surface area contributed by atoms with Crippen molar-refractivity contribution < 1.29 is 14.3 Å². The van der Waals surface area contributed by atoms with Crippen LogP contribution in [0, 0.1) is 40.4 Å². The maximum Gasteiger partial charge on any atom is 0.417 e. The van der Waals surface area contributed by atoms with Gasteiger partial charge in [-0.3, -0.25) is 4.72 Å². The molecule has 224 valence electrons. The molecule has 0 bridgehead atoms. The lowest BCUT2D eigenvalue weighted by molar-refractivity contribution is -0.111. The van der Waals surface area contributed by atoms with Crippen molar-refractivity contribution in [3.63, 3.8) is 0 Å². The first kappa shape index (κ1) is 30.1. The lowest BCUT2D eigenvalue weighted by Gasteiger charge is -2.60. The standard InChI is InChI=1S/C33H49NO3S.C2H6/c1-31(2)18-14-22-21-25(10-13-29(22)37-31)38-34-30(35)36-20-16-24-9-12-27-26-11-8-23-7-5-6-17-32(23,3)28(26)15-19-33(24,27)4;1-2/h10,13,21,23-24,26-28H,5-9,11-12,14-20H2,1-4H3,(H,34,35);1-2H3. The molecule has 7 unspecified atom stereocenters. The van der Waals surface area contributed by atoms with Gasteiger partial charge in [0.1, 0.15) is 11.4 Å². The third-order valence-electron chi connectivity index (χ3n) is 12.1. The average Bonchev–Trinajstić information content (AvgIpc) is 3.28. The monoisotopic (exact) mass is 569 g/mol. The van der Waals surface area contributed by atoms with Crippen LogP contribution >= 0.6 is 11.9 Å². The summed E-state index contributed by atoms with van der Waals surface area (Å²) in [6, 6.07) is 6.17. The predicted octanol–water partition coefficient (Wildman–Crippen LogP) is 9.99. The number of hydrogen-bond donors (Lipinski definition) is 1. The highest BCUT2D eigenvalue weighted by atomic mass is 32.2. The molecule has 0 spiro atoms. The Morgan fingerprint density at radius 3 is 2.58 bits per heavy atom. The fourth-order valence-corrected chi connectivity index (χ4v) is 10.6. The molecule has 0 saturated heterocycles. The molecule has 1 aromatic rings. The first-order valence-corrected chi connectivity index (χ1v) is 17.4. The van der Waals surface area contributed by atoms with Gasteiger partial charge in [0, 0.05) is 4.90 Å². The van der Waals surface area contributed by atoms with E-state index in [2.05, 4.69) is 38.5 Å². The third kappa shape index (κ3) is 5.79. The van der Waals surface area contributed by atoms with Crippen molar-refractivity contribution in [2.45, 2.75) is 136 Å². The highest BCUT2D eigenvalue weighted by Crippen LogP contribution is 2.67. The third-order valence-corrected chi connectivity index (χ3v) is 12.9. The van der Waals surface area contributed by atoms with E-state index in [1.54, 1.807) is 0 Å². The molecule has 0 aromatic heterocycles. The largest absolute Gasteiger partial charge is 0.488 e. The molecule has 4 aliphatic carbocycles. The molecule has 0 radical (unpaired) electrons. The Hall–Kier alpha value is -1.36. The van der Waals surface area contributed by atoms with Gasteiger partial charge in [-0.15, -0.1) is 0 Å². The van der Waals surface area contributed by atoms with E-state index in [0.29, 0.717) is 23.4 Å². The molecule has 1 N–H and O–H groups in total. The average molecular weight is 570 g/mol. The van der Waals surface area contributed by atoms with Crippen LogP contribution in [-0.2, 0) is 11.2 Å². The highest BCUT2D eigenvalue weighted by Gasteiger charge is 2.59. The van der Waals surface area contributed by atoms with Gasteiger partial charge in [0.15, 0.2) is 0 Å². The van der Waals surface area contributed by atoms with Crippen molar-refractivity contribution in [1.29, 1.82) is 0 Å². The molecule has 1 heterocycles. The second-order valence-electron chi connectivity index (χ2n) is 14.5. The van der Waals surface area contributed by atoms with Crippen LogP contribution in [0.15, 0.2) is 23.1 Å². The number of hydrogen-bond acceptors (Lipinski definition) is 4. The smallest absolute Gasteiger partial charge is 0.417 e. The molecule has 7 atom stereocenters. The molecular weight excluding hydrogens is 514 g/mol. The van der Waals surface area contributed by atoms with Crippen molar-refractivity contribution in [1.82, 2.24) is 4.72 Å². The Balaban J connectivity index is 0.00000158. The van der Waals surface area contributed by atoms with E-state index in [1.807, 2.05) is 26.0 Å². The van der Waals surface area contributed by atoms with Gasteiger partial charge in [0.05, 0.1) is 6.61 Å². The quantitative estimate of drug-likeness (QED) is 0.358. The molecule has 5 heteroatoms. The van der Waals surface area contributed by atoms with E-state index in [9.17, 15) is 4.79 Å². The van der Waals surface area contributed by atoms with Crippen LogP contribution in [-0.4, -0.2) is 18.3 Å². The summed E-state index contributed by atoms with van der Waals surface area (Å²) in [5.74, 6) is 5.42. The minimum Gasteiger partial charge on any atom is -0.488 e. The van der Waals surface area contributed by atoms with Gasteiger partial charge >= 0.3 is 6.09 Å². The van der Waals surface area contributed by atoms with Gasteiger partial charge in [-0.25, -0.2) is 4.79 Å². The van der Waals surface area contributed by atoms with Crippen LogP contribution in [0.3, 0.4) is 0 Å². The zero-order valence-corrected chi connectivity index (χ0v) is 27.0. The minimum absolute atomic E-state index is 0.105. The summed E-state index contributed by atoms with van der Waals surface area (Å²) in [5.41, 5.74) is 2.16. The van der Waals surface area contributed by atoms with Crippen molar-refractivity contribution in [3.05, 3.63) is 23.8 Å². The van der Waals surface area contributed by atoms with E-state index < -0.39 is 0 Å². The number of fused-ring (bicyclic) bond motifs is 6. The summed E-state index contributed by atoms with van der Waals surface area (Å²) in [4.78, 5) is 13.5. The number of amides is 1. The van der Waals surface area contributed by atoms with Gasteiger partial charge in [-0.2, -0.15) is 0 Å². The highest BCUT2D eigenvalue weighted by molar-refractivity contribution is 7.98. The van der Waals surface area contributed by atoms with Crippen LogP contribution in [0.5, 0.6) is 5.75 Å². The Bertz CT molecular complexity index is 1040. The number of ether oxygens (including phenoxy) is 2. The number of rotatable bonds is 5. The van der Waals surface area contributed by atoms with Crippen LogP contribution in [0.1, 0.15) is 124 Å². The van der Waals surface area contributed by atoms with E-state index in [0.717, 1.165) is 53.6 Å². The van der Waals surface area contributed by atoms with E-state index in [-0.39, 0.29) is 11.7 Å². The summed E-state index contributed by atoms with van der Waals surface area (Å²) >= 11 is 1.34. The summed E-state index contributed by atoms with van der Waals surface area (Å²) < 4.78 is 14.7. The molecule has 40 heavy (non-hydrogen) atoms. The van der Waals surface area contributed by atoms with Crippen LogP contribution in [0.25, 0.3) is 0 Å². The van der Waals surface area contributed by atoms with Crippen LogP contribution < -0.4 is 9.46 Å². The number of benzene rings is 1. The van der Waals surface area contributed by atoms with Crippen molar-refractivity contribution in [2.75, 3.05) is 6.61 Å². The summed E-state index contributed by atoms with van der Waals surface area (Å²) in [6.45, 7) is 14.1. The first-order valence-electron chi connectivity index (χ1n) is 16.6. The van der Waals surface area contributed by atoms with E-state index in [4.69, 9.17) is 9.47 Å². The van der Waals surface area contributed by atoms with Crippen molar-refractivity contribution in [3.8, 4) is 5.75 Å². The fourth-order valence-electron chi connectivity index (χ4n) is 10.0. The zero-order chi connectivity index (χ0) is 28.5. The number of nitrogens with one attached hydrogen (secondary N) is 1. The van der Waals surface area contributed by atoms with E-state index in [1.165, 1.54) is 81.7 Å². The maximum absolute atomic E-state index is 12.5. The summed E-state index contributed by atoms with van der Waals surface area (Å²) in [5, 5.41) is 0. The molecule has 4 nitrogen and oxygen atoms in total. The molecule has 4 saturated carbocycles. The lowest BCUT2D eigenvalue weighted by Crippen LogP contribution is -2.52. The maximum atomic E-state index is 12.5. The zero-order valence-electron chi connectivity index (χ0n) is 26.2. The molecule has 5 aliphatic rings. The Morgan fingerprint density at radius 2 is 1.75 bits per heavy atom. The molecule has 6 rings (SSSR count). The van der Waals surface area contributed by atoms with Gasteiger partial charge in [0.25, 0.3) is 0 Å². The van der Waals surface area contributed by atoms with E-state index >= 15 is 0 Å². The minimum atomic E-state index is -0.322. The Kier molecular flexibility index (Phi) is 9.10.